The van der Waals surface area contributed by atoms with Crippen LogP contribution in [0.1, 0.15) is 55.6 Å². The second-order valence-corrected chi connectivity index (χ2v) is 10.1. The molecule has 1 saturated carbocycles. The van der Waals surface area contributed by atoms with Crippen molar-refractivity contribution in [2.75, 3.05) is 25.0 Å². The van der Waals surface area contributed by atoms with Gasteiger partial charge >= 0.3 is 0 Å². The Morgan fingerprint density at radius 2 is 1.97 bits per heavy atom. The Morgan fingerprint density at radius 3 is 2.67 bits per heavy atom. The molecule has 3 aliphatic rings. The zero-order valence-electron chi connectivity index (χ0n) is 19.6. The Balaban J connectivity index is 0.000000724. The molecule has 6 heteroatoms. The van der Waals surface area contributed by atoms with E-state index >= 15 is 0 Å². The molecule has 1 saturated heterocycles. The number of nitrogens with one attached hydrogen (secondary N) is 1. The van der Waals surface area contributed by atoms with Gasteiger partial charge in [-0.3, -0.25) is 4.79 Å². The van der Waals surface area contributed by atoms with Crippen molar-refractivity contribution in [1.29, 1.82) is 0 Å². The lowest BCUT2D eigenvalue weighted by atomic mass is 9.65. The van der Waals surface area contributed by atoms with Gasteiger partial charge in [0.2, 0.25) is 0 Å². The predicted molar refractivity (Wildman–Crippen MR) is 132 cm³/mol. The molecule has 6 nitrogen and oxygen atoms in total. The van der Waals surface area contributed by atoms with E-state index in [1.165, 1.54) is 72.4 Å². The molecule has 0 radical (unpaired) electrons. The average molecular weight is 447 g/mol. The van der Waals surface area contributed by atoms with Gasteiger partial charge in [-0.1, -0.05) is 30.3 Å². The summed E-state index contributed by atoms with van der Waals surface area (Å²) >= 11 is 0. The van der Waals surface area contributed by atoms with Crippen LogP contribution >= 0.6 is 0 Å². The predicted octanol–water partition coefficient (Wildman–Crippen LogP) is 4.41. The molecule has 33 heavy (non-hydrogen) atoms. The van der Waals surface area contributed by atoms with E-state index in [4.69, 9.17) is 14.9 Å². The number of aryl methyl sites for hydroxylation is 1. The van der Waals surface area contributed by atoms with E-state index in [1.807, 2.05) is 0 Å². The molecular weight excluding hydrogens is 412 g/mol. The summed E-state index contributed by atoms with van der Waals surface area (Å²) in [4.78, 5) is 16.1. The van der Waals surface area contributed by atoms with Crippen LogP contribution in [0, 0.1) is 5.41 Å². The van der Waals surface area contributed by atoms with Crippen molar-refractivity contribution >= 4 is 23.2 Å². The molecule has 6 rings (SSSR count). The molecule has 3 aromatic rings. The van der Waals surface area contributed by atoms with Gasteiger partial charge in [-0.05, 0) is 68.7 Å². The first-order valence-electron chi connectivity index (χ1n) is 12.1. The lowest BCUT2D eigenvalue weighted by Crippen LogP contribution is -2.40. The van der Waals surface area contributed by atoms with Crippen molar-refractivity contribution in [1.82, 2.24) is 14.9 Å². The van der Waals surface area contributed by atoms with Crippen LogP contribution in [0.4, 0.5) is 5.69 Å². The van der Waals surface area contributed by atoms with Crippen molar-refractivity contribution in [3.63, 3.8) is 0 Å². The van der Waals surface area contributed by atoms with Gasteiger partial charge in [0.1, 0.15) is 5.82 Å². The molecule has 0 bridgehead atoms. The quantitative estimate of drug-likeness (QED) is 0.583. The smallest absolute Gasteiger partial charge is 0.290 e. The van der Waals surface area contributed by atoms with Crippen LogP contribution in [0.3, 0.4) is 0 Å². The van der Waals surface area contributed by atoms with Gasteiger partial charge in [0.25, 0.3) is 6.47 Å². The molecule has 1 aromatic heterocycles. The highest BCUT2D eigenvalue weighted by atomic mass is 16.3. The molecule has 2 fully saturated rings. The second kappa shape index (κ2) is 8.82. The number of imidazole rings is 1. The van der Waals surface area contributed by atoms with Crippen LogP contribution in [-0.2, 0) is 17.6 Å². The number of rotatable bonds is 3. The minimum absolute atomic E-state index is 0.250. The lowest BCUT2D eigenvalue weighted by Gasteiger charge is -2.46. The minimum atomic E-state index is -0.250. The normalized spacial score (nSPS) is 25.9. The minimum Gasteiger partial charge on any atom is -0.483 e. The summed E-state index contributed by atoms with van der Waals surface area (Å²) in [6.07, 6.45) is 7.18. The molecule has 1 atom stereocenters. The highest BCUT2D eigenvalue weighted by Gasteiger charge is 2.47. The second-order valence-electron chi connectivity index (χ2n) is 10.1. The largest absolute Gasteiger partial charge is 0.483 e. The Labute approximate surface area is 195 Å². The van der Waals surface area contributed by atoms with Crippen LogP contribution < -0.4 is 10.2 Å². The number of anilines is 1. The van der Waals surface area contributed by atoms with Gasteiger partial charge in [-0.2, -0.15) is 0 Å². The molecule has 1 spiro atoms. The number of fused-ring (bicyclic) bond motifs is 3. The maximum atomic E-state index is 8.36. The first-order valence-corrected chi connectivity index (χ1v) is 12.1. The molecule has 2 aromatic carbocycles. The Morgan fingerprint density at radius 1 is 1.21 bits per heavy atom. The molecule has 2 aliphatic heterocycles. The molecule has 1 unspecified atom stereocenters. The van der Waals surface area contributed by atoms with E-state index in [9.17, 15) is 0 Å². The van der Waals surface area contributed by atoms with Crippen molar-refractivity contribution < 1.29 is 9.90 Å². The SMILES string of the molecule is CC1CCc2c(ccc3c2nc(Cc2ccccc2)n3C2CC3(CCNC3)C2)N1C.O=CO. The van der Waals surface area contributed by atoms with E-state index in [0.717, 1.165) is 12.8 Å². The van der Waals surface area contributed by atoms with Crippen molar-refractivity contribution in [2.45, 2.75) is 57.5 Å². The summed E-state index contributed by atoms with van der Waals surface area (Å²) < 4.78 is 2.62. The third kappa shape index (κ3) is 3.90. The van der Waals surface area contributed by atoms with E-state index < -0.39 is 0 Å². The molecule has 1 aliphatic carbocycles. The number of nitrogens with zero attached hydrogens (tertiary/aromatic N) is 3. The fourth-order valence-corrected chi connectivity index (χ4v) is 6.19. The van der Waals surface area contributed by atoms with Crippen LogP contribution in [0.15, 0.2) is 42.5 Å². The maximum Gasteiger partial charge on any atom is 0.290 e. The number of hydrogen-bond acceptors (Lipinski definition) is 4. The van der Waals surface area contributed by atoms with Crippen molar-refractivity contribution in [3.05, 3.63) is 59.4 Å². The van der Waals surface area contributed by atoms with Crippen LogP contribution in [-0.4, -0.2) is 47.3 Å². The number of hydrogen-bond donors (Lipinski definition) is 2. The summed E-state index contributed by atoms with van der Waals surface area (Å²) in [6, 6.07) is 16.7. The topological polar surface area (TPSA) is 70.4 Å². The highest BCUT2D eigenvalue weighted by Crippen LogP contribution is 2.53. The average Bonchev–Trinajstić information content (AvgIpc) is 3.41. The Bertz CT molecular complexity index is 1130. The monoisotopic (exact) mass is 446 g/mol. The fourth-order valence-electron chi connectivity index (χ4n) is 6.19. The third-order valence-electron chi connectivity index (χ3n) is 8.11. The van der Waals surface area contributed by atoms with E-state index in [-0.39, 0.29) is 6.47 Å². The van der Waals surface area contributed by atoms with E-state index in [2.05, 4.69) is 71.2 Å². The maximum absolute atomic E-state index is 8.36. The fraction of sp³-hybridized carbons (Fsp3) is 0.481. The summed E-state index contributed by atoms with van der Waals surface area (Å²) in [5.74, 6) is 1.25. The van der Waals surface area contributed by atoms with Gasteiger partial charge in [0.05, 0.1) is 11.0 Å². The standard InChI is InChI=1S/C26H32N4.CH2O2/c1-18-8-9-21-22(29(18)2)10-11-23-25(21)28-24(14-19-6-4-3-5-7-19)30(23)20-15-26(16-20)12-13-27-17-26;2-1-3/h3-7,10-11,18,20,27H,8-9,12-17H2,1-2H3;1H,(H,2,3). The van der Waals surface area contributed by atoms with Gasteiger partial charge < -0.3 is 19.9 Å². The number of benzene rings is 2. The van der Waals surface area contributed by atoms with Crippen molar-refractivity contribution in [2.24, 2.45) is 5.41 Å². The number of aromatic nitrogens is 2. The first-order chi connectivity index (χ1) is 16.0. The summed E-state index contributed by atoms with van der Waals surface area (Å²) in [5.41, 5.74) is 7.33. The van der Waals surface area contributed by atoms with Crippen LogP contribution in [0.2, 0.25) is 0 Å². The van der Waals surface area contributed by atoms with Crippen LogP contribution in [0.5, 0.6) is 0 Å². The lowest BCUT2D eigenvalue weighted by molar-refractivity contribution is -0.122. The van der Waals surface area contributed by atoms with E-state index in [0.29, 0.717) is 17.5 Å². The molecule has 3 heterocycles. The van der Waals surface area contributed by atoms with Gasteiger partial charge in [-0.25, -0.2) is 4.98 Å². The summed E-state index contributed by atoms with van der Waals surface area (Å²) in [7, 11) is 2.24. The van der Waals surface area contributed by atoms with Crippen molar-refractivity contribution in [3.8, 4) is 0 Å². The van der Waals surface area contributed by atoms with Gasteiger partial charge in [0.15, 0.2) is 0 Å². The molecule has 2 N–H and O–H groups in total. The zero-order chi connectivity index (χ0) is 23.0. The van der Waals surface area contributed by atoms with Gasteiger partial charge in [-0.15, -0.1) is 0 Å². The number of carboxylic acid groups (broad SMARTS) is 1. The molecular formula is C27H34N4O2. The number of carbonyl (C=O) groups is 1. The molecule has 174 valence electrons. The summed E-state index contributed by atoms with van der Waals surface area (Å²) in [6.45, 7) is 4.46. The Hall–Kier alpha value is -2.86. The van der Waals surface area contributed by atoms with Gasteiger partial charge in [0, 0.05) is 43.3 Å². The Kier molecular flexibility index (Phi) is 5.87. The van der Waals surface area contributed by atoms with E-state index in [1.54, 1.807) is 0 Å². The highest BCUT2D eigenvalue weighted by molar-refractivity contribution is 5.86. The first kappa shape index (κ1) is 22.0. The zero-order valence-corrected chi connectivity index (χ0v) is 19.6. The summed E-state index contributed by atoms with van der Waals surface area (Å²) in [5, 5.41) is 10.5. The third-order valence-corrected chi connectivity index (χ3v) is 8.11. The van der Waals surface area contributed by atoms with Crippen LogP contribution in [0.25, 0.3) is 11.0 Å². The molecule has 0 amide bonds.